The summed E-state index contributed by atoms with van der Waals surface area (Å²) < 4.78 is 0. The topological polar surface area (TPSA) is 12.9 Å². The lowest BCUT2D eigenvalue weighted by Gasteiger charge is -2.38. The van der Waals surface area contributed by atoms with E-state index in [4.69, 9.17) is 11.6 Å². The summed E-state index contributed by atoms with van der Waals surface area (Å²) in [6, 6.07) is 0. The van der Waals surface area contributed by atoms with Gasteiger partial charge in [-0.25, -0.2) is 4.98 Å². The molecule has 1 saturated carbocycles. The van der Waals surface area contributed by atoms with Crippen molar-refractivity contribution < 1.29 is 0 Å². The first kappa shape index (κ1) is 14.3. The highest BCUT2D eigenvalue weighted by atomic mass is 35.5. The highest BCUT2D eigenvalue weighted by Crippen LogP contribution is 2.43. The van der Waals surface area contributed by atoms with Crippen molar-refractivity contribution in [3.8, 4) is 0 Å². The summed E-state index contributed by atoms with van der Waals surface area (Å²) in [6.07, 6.45) is 12.5. The zero-order valence-corrected chi connectivity index (χ0v) is 12.9. The minimum absolute atomic E-state index is 0.335. The average molecular weight is 286 g/mol. The van der Waals surface area contributed by atoms with E-state index in [0.29, 0.717) is 5.41 Å². The monoisotopic (exact) mass is 285 g/mol. The lowest BCUT2D eigenvalue weighted by Crippen LogP contribution is -2.31. The molecular weight excluding hydrogens is 262 g/mol. The fourth-order valence-electron chi connectivity index (χ4n) is 3.09. The summed E-state index contributed by atoms with van der Waals surface area (Å²) in [5.74, 6) is 1.75. The predicted molar refractivity (Wildman–Crippen MR) is 80.5 cm³/mol. The van der Waals surface area contributed by atoms with E-state index in [0.717, 1.165) is 18.2 Å². The van der Waals surface area contributed by atoms with Gasteiger partial charge in [0.15, 0.2) is 0 Å². The van der Waals surface area contributed by atoms with Gasteiger partial charge in [0.05, 0.1) is 5.01 Å². The number of thiazole rings is 1. The summed E-state index contributed by atoms with van der Waals surface area (Å²) >= 11 is 8.06. The fraction of sp³-hybridized carbons (Fsp3) is 0.800. The third-order valence-corrected chi connectivity index (χ3v) is 5.77. The van der Waals surface area contributed by atoms with Gasteiger partial charge < -0.3 is 0 Å². The van der Waals surface area contributed by atoms with Crippen LogP contribution in [-0.4, -0.2) is 10.9 Å². The van der Waals surface area contributed by atoms with Crippen LogP contribution in [0.4, 0.5) is 0 Å². The average Bonchev–Trinajstić information content (AvgIpc) is 2.91. The van der Waals surface area contributed by atoms with Gasteiger partial charge in [0, 0.05) is 23.9 Å². The van der Waals surface area contributed by atoms with E-state index in [1.54, 1.807) is 11.3 Å². The van der Waals surface area contributed by atoms with Gasteiger partial charge in [0.25, 0.3) is 0 Å². The molecular formula is C15H24ClNS. The fourth-order valence-corrected chi connectivity index (χ4v) is 4.24. The van der Waals surface area contributed by atoms with Crippen LogP contribution in [0.5, 0.6) is 0 Å². The minimum atomic E-state index is 0.335. The molecule has 0 amide bonds. The number of halogens is 1. The molecule has 0 saturated heterocycles. The summed E-state index contributed by atoms with van der Waals surface area (Å²) in [5, 5.41) is 3.34. The van der Waals surface area contributed by atoms with Crippen molar-refractivity contribution in [1.29, 1.82) is 0 Å². The SMILES string of the molecule is CCCCC1CCC(CCl)(Cc2nccs2)CC1. The van der Waals surface area contributed by atoms with Crippen molar-refractivity contribution in [1.82, 2.24) is 4.98 Å². The molecule has 1 fully saturated rings. The van der Waals surface area contributed by atoms with Gasteiger partial charge in [0.1, 0.15) is 0 Å². The van der Waals surface area contributed by atoms with Crippen LogP contribution in [0.2, 0.25) is 0 Å². The van der Waals surface area contributed by atoms with Crippen molar-refractivity contribution in [3.05, 3.63) is 16.6 Å². The molecule has 0 aliphatic heterocycles. The second-order valence-electron chi connectivity index (χ2n) is 5.82. The van der Waals surface area contributed by atoms with Gasteiger partial charge in [0.2, 0.25) is 0 Å². The number of unbranched alkanes of at least 4 members (excludes halogenated alkanes) is 1. The molecule has 18 heavy (non-hydrogen) atoms. The first-order chi connectivity index (χ1) is 8.78. The minimum Gasteiger partial charge on any atom is -0.250 e. The van der Waals surface area contributed by atoms with Gasteiger partial charge in [-0.05, 0) is 37.0 Å². The van der Waals surface area contributed by atoms with E-state index in [1.807, 2.05) is 6.20 Å². The van der Waals surface area contributed by atoms with Crippen LogP contribution in [-0.2, 0) is 6.42 Å². The van der Waals surface area contributed by atoms with Gasteiger partial charge >= 0.3 is 0 Å². The molecule has 1 aromatic heterocycles. The van der Waals surface area contributed by atoms with Crippen molar-refractivity contribution >= 4 is 22.9 Å². The van der Waals surface area contributed by atoms with E-state index in [2.05, 4.69) is 17.3 Å². The molecule has 0 atom stereocenters. The lowest BCUT2D eigenvalue weighted by molar-refractivity contribution is 0.166. The molecule has 1 aliphatic rings. The normalized spacial score (nSPS) is 28.4. The number of hydrogen-bond acceptors (Lipinski definition) is 2. The maximum Gasteiger partial charge on any atom is 0.0930 e. The van der Waals surface area contributed by atoms with Gasteiger partial charge in [-0.3, -0.25) is 0 Å². The Morgan fingerprint density at radius 2 is 2.22 bits per heavy atom. The molecule has 1 nitrogen and oxygen atoms in total. The Bertz CT molecular complexity index is 328. The largest absolute Gasteiger partial charge is 0.250 e. The first-order valence-corrected chi connectivity index (χ1v) is 8.64. The van der Waals surface area contributed by atoms with E-state index >= 15 is 0 Å². The summed E-state index contributed by atoms with van der Waals surface area (Å²) in [7, 11) is 0. The van der Waals surface area contributed by atoms with E-state index in [9.17, 15) is 0 Å². The number of nitrogens with zero attached hydrogens (tertiary/aromatic N) is 1. The van der Waals surface area contributed by atoms with Crippen molar-refractivity contribution in [2.45, 2.75) is 58.3 Å². The van der Waals surface area contributed by atoms with Gasteiger partial charge in [-0.15, -0.1) is 22.9 Å². The molecule has 0 N–H and O–H groups in total. The molecule has 1 aromatic rings. The Balaban J connectivity index is 1.87. The van der Waals surface area contributed by atoms with Crippen molar-refractivity contribution in [2.75, 3.05) is 5.88 Å². The van der Waals surface area contributed by atoms with Gasteiger partial charge in [-0.2, -0.15) is 0 Å². The molecule has 1 aliphatic carbocycles. The van der Waals surface area contributed by atoms with Crippen molar-refractivity contribution in [2.24, 2.45) is 11.3 Å². The summed E-state index contributed by atoms with van der Waals surface area (Å²) in [5.41, 5.74) is 0.335. The second-order valence-corrected chi connectivity index (χ2v) is 7.07. The zero-order valence-electron chi connectivity index (χ0n) is 11.3. The van der Waals surface area contributed by atoms with E-state index in [1.165, 1.54) is 50.0 Å². The molecule has 3 heteroatoms. The Kier molecular flexibility index (Phi) is 5.50. The molecule has 0 bridgehead atoms. The van der Waals surface area contributed by atoms with Crippen LogP contribution < -0.4 is 0 Å². The van der Waals surface area contributed by atoms with Crippen LogP contribution in [0.1, 0.15) is 56.9 Å². The van der Waals surface area contributed by atoms with Gasteiger partial charge in [-0.1, -0.05) is 26.2 Å². The predicted octanol–water partition coefficient (Wildman–Crippen LogP) is 5.29. The lowest BCUT2D eigenvalue weighted by atomic mass is 9.69. The Labute approximate surface area is 120 Å². The standard InChI is InChI=1S/C15H24ClNS/c1-2-3-4-13-5-7-15(12-16,8-6-13)11-14-17-9-10-18-14/h9-10,13H,2-8,11-12H2,1H3. The molecule has 2 rings (SSSR count). The maximum atomic E-state index is 6.28. The zero-order chi connectivity index (χ0) is 12.8. The molecule has 0 unspecified atom stereocenters. The molecule has 0 radical (unpaired) electrons. The molecule has 1 heterocycles. The Morgan fingerprint density at radius 1 is 1.44 bits per heavy atom. The third-order valence-electron chi connectivity index (χ3n) is 4.42. The van der Waals surface area contributed by atoms with E-state index in [-0.39, 0.29) is 0 Å². The summed E-state index contributed by atoms with van der Waals surface area (Å²) in [4.78, 5) is 4.43. The van der Waals surface area contributed by atoms with Crippen LogP contribution in [0.3, 0.4) is 0 Å². The van der Waals surface area contributed by atoms with Crippen molar-refractivity contribution in [3.63, 3.8) is 0 Å². The molecule has 102 valence electrons. The third kappa shape index (κ3) is 3.71. The number of aromatic nitrogens is 1. The van der Waals surface area contributed by atoms with Crippen LogP contribution in [0.25, 0.3) is 0 Å². The number of alkyl halides is 1. The van der Waals surface area contributed by atoms with Crippen LogP contribution in [0, 0.1) is 11.3 Å². The quantitative estimate of drug-likeness (QED) is 0.647. The van der Waals surface area contributed by atoms with E-state index < -0.39 is 0 Å². The highest BCUT2D eigenvalue weighted by molar-refractivity contribution is 7.09. The second kappa shape index (κ2) is 6.91. The molecule has 0 spiro atoms. The smallest absolute Gasteiger partial charge is 0.0930 e. The van der Waals surface area contributed by atoms with Crippen LogP contribution >= 0.6 is 22.9 Å². The number of hydrogen-bond donors (Lipinski definition) is 0. The maximum absolute atomic E-state index is 6.28. The Hall–Kier alpha value is -0.0800. The highest BCUT2D eigenvalue weighted by Gasteiger charge is 2.35. The summed E-state index contributed by atoms with van der Waals surface area (Å²) in [6.45, 7) is 2.29. The number of rotatable bonds is 6. The molecule has 0 aromatic carbocycles. The first-order valence-electron chi connectivity index (χ1n) is 7.22. The Morgan fingerprint density at radius 3 is 2.78 bits per heavy atom. The van der Waals surface area contributed by atoms with Crippen LogP contribution in [0.15, 0.2) is 11.6 Å².